The van der Waals surface area contributed by atoms with E-state index in [0.29, 0.717) is 15.2 Å². The van der Waals surface area contributed by atoms with Crippen LogP contribution in [0.15, 0.2) is 33.7 Å². The average molecular weight is 348 g/mol. The van der Waals surface area contributed by atoms with E-state index >= 15 is 0 Å². The minimum absolute atomic E-state index is 0.0408. The molecule has 0 fully saturated rings. The normalized spacial score (nSPS) is 10.4. The first-order valence-corrected chi connectivity index (χ1v) is 5.69. The second-order valence-electron chi connectivity index (χ2n) is 2.84. The number of nitro groups is 1. The standard InChI is InChI=1S/C8H4Br2N4O2/c9-7-11-8(10)13(12-7)5-1-3-6(4-2-5)14(15)16/h1-4H. The Kier molecular flexibility index (Phi) is 3.01. The number of nitro benzene ring substituents is 1. The lowest BCUT2D eigenvalue weighted by atomic mass is 10.3. The molecule has 2 rings (SSSR count). The summed E-state index contributed by atoms with van der Waals surface area (Å²) in [7, 11) is 0. The van der Waals surface area contributed by atoms with Gasteiger partial charge in [-0.25, -0.2) is 4.68 Å². The van der Waals surface area contributed by atoms with Crippen molar-refractivity contribution in [3.8, 4) is 5.69 Å². The van der Waals surface area contributed by atoms with E-state index in [9.17, 15) is 10.1 Å². The van der Waals surface area contributed by atoms with Crippen molar-refractivity contribution in [1.82, 2.24) is 14.8 Å². The fourth-order valence-electron chi connectivity index (χ4n) is 1.15. The summed E-state index contributed by atoms with van der Waals surface area (Å²) in [5.41, 5.74) is 0.731. The third kappa shape index (κ3) is 2.12. The van der Waals surface area contributed by atoms with Crippen molar-refractivity contribution in [3.05, 3.63) is 43.8 Å². The maximum absolute atomic E-state index is 10.5. The van der Waals surface area contributed by atoms with Crippen LogP contribution in [0, 0.1) is 10.1 Å². The van der Waals surface area contributed by atoms with E-state index in [1.807, 2.05) is 0 Å². The molecule has 0 unspecified atom stereocenters. The van der Waals surface area contributed by atoms with Gasteiger partial charge in [0.15, 0.2) is 0 Å². The zero-order valence-electron chi connectivity index (χ0n) is 7.67. The molecule has 0 bridgehead atoms. The van der Waals surface area contributed by atoms with Crippen LogP contribution in [0.25, 0.3) is 5.69 Å². The van der Waals surface area contributed by atoms with E-state index in [2.05, 4.69) is 41.9 Å². The highest BCUT2D eigenvalue weighted by molar-refractivity contribution is 9.11. The zero-order valence-corrected chi connectivity index (χ0v) is 10.8. The van der Waals surface area contributed by atoms with Crippen LogP contribution in [0.5, 0.6) is 0 Å². The van der Waals surface area contributed by atoms with E-state index in [1.165, 1.54) is 16.8 Å². The third-order valence-electron chi connectivity index (χ3n) is 1.85. The Bertz CT molecular complexity index is 537. The van der Waals surface area contributed by atoms with E-state index in [1.54, 1.807) is 12.1 Å². The predicted molar refractivity (Wildman–Crippen MR) is 63.4 cm³/mol. The molecule has 0 saturated carbocycles. The van der Waals surface area contributed by atoms with Gasteiger partial charge in [0.1, 0.15) is 0 Å². The summed E-state index contributed by atoms with van der Waals surface area (Å²) in [4.78, 5) is 14.0. The van der Waals surface area contributed by atoms with Gasteiger partial charge in [0, 0.05) is 12.1 Å². The molecule has 8 heteroatoms. The number of non-ortho nitro benzene ring substituents is 1. The molecule has 0 spiro atoms. The van der Waals surface area contributed by atoms with Gasteiger partial charge in [0.25, 0.3) is 5.69 Å². The van der Waals surface area contributed by atoms with Crippen molar-refractivity contribution in [1.29, 1.82) is 0 Å². The van der Waals surface area contributed by atoms with Crippen LogP contribution < -0.4 is 0 Å². The Labute approximate surface area is 107 Å². The third-order valence-corrected chi connectivity index (χ3v) is 2.70. The first-order chi connectivity index (χ1) is 7.58. The van der Waals surface area contributed by atoms with Gasteiger partial charge in [0.2, 0.25) is 9.47 Å². The molecule has 16 heavy (non-hydrogen) atoms. The van der Waals surface area contributed by atoms with Crippen molar-refractivity contribution in [2.75, 3.05) is 0 Å². The second kappa shape index (κ2) is 4.30. The molecule has 0 N–H and O–H groups in total. The van der Waals surface area contributed by atoms with Gasteiger partial charge in [0.05, 0.1) is 10.6 Å². The van der Waals surface area contributed by atoms with Crippen molar-refractivity contribution in [2.24, 2.45) is 0 Å². The average Bonchev–Trinajstić information content (AvgIpc) is 2.58. The highest BCUT2D eigenvalue weighted by Gasteiger charge is 2.09. The summed E-state index contributed by atoms with van der Waals surface area (Å²) in [6.45, 7) is 0. The first kappa shape index (κ1) is 11.2. The summed E-state index contributed by atoms with van der Waals surface area (Å²) < 4.78 is 2.49. The van der Waals surface area contributed by atoms with Gasteiger partial charge in [-0.3, -0.25) is 10.1 Å². The SMILES string of the molecule is O=[N+]([O-])c1ccc(-n2nc(Br)nc2Br)cc1. The first-order valence-electron chi connectivity index (χ1n) is 4.11. The van der Waals surface area contributed by atoms with Crippen LogP contribution >= 0.6 is 31.9 Å². The Morgan fingerprint density at radius 1 is 1.25 bits per heavy atom. The predicted octanol–water partition coefficient (Wildman–Crippen LogP) is 2.70. The molecule has 0 saturated heterocycles. The largest absolute Gasteiger partial charge is 0.269 e. The van der Waals surface area contributed by atoms with Crippen LogP contribution in [0.2, 0.25) is 0 Å². The number of aromatic nitrogens is 3. The van der Waals surface area contributed by atoms with Gasteiger partial charge >= 0.3 is 0 Å². The summed E-state index contributed by atoms with van der Waals surface area (Å²) in [5, 5.41) is 14.5. The number of nitrogens with zero attached hydrogens (tertiary/aromatic N) is 4. The quantitative estimate of drug-likeness (QED) is 0.618. The Balaban J connectivity index is 2.42. The number of rotatable bonds is 2. The highest BCUT2D eigenvalue weighted by Crippen LogP contribution is 2.19. The number of halogens is 2. The van der Waals surface area contributed by atoms with Gasteiger partial charge in [-0.2, -0.15) is 4.98 Å². The molecule has 0 aliphatic carbocycles. The molecular weight excluding hydrogens is 344 g/mol. The maximum Gasteiger partial charge on any atom is 0.269 e. The van der Waals surface area contributed by atoms with Crippen LogP contribution in [-0.4, -0.2) is 19.7 Å². The van der Waals surface area contributed by atoms with Crippen molar-refractivity contribution >= 4 is 37.5 Å². The van der Waals surface area contributed by atoms with Gasteiger partial charge < -0.3 is 0 Å². The smallest absolute Gasteiger partial charge is 0.258 e. The van der Waals surface area contributed by atoms with E-state index in [0.717, 1.165) is 0 Å². The number of hydrogen-bond donors (Lipinski definition) is 0. The summed E-state index contributed by atoms with van der Waals surface area (Å²) in [5.74, 6) is 0. The fraction of sp³-hybridized carbons (Fsp3) is 0. The lowest BCUT2D eigenvalue weighted by molar-refractivity contribution is -0.384. The number of hydrogen-bond acceptors (Lipinski definition) is 4. The molecule has 0 radical (unpaired) electrons. The Morgan fingerprint density at radius 3 is 2.31 bits per heavy atom. The Morgan fingerprint density at radius 2 is 1.88 bits per heavy atom. The molecule has 0 atom stereocenters. The second-order valence-corrected chi connectivity index (χ2v) is 4.25. The minimum atomic E-state index is -0.448. The molecule has 82 valence electrons. The molecule has 0 amide bonds. The number of benzene rings is 1. The monoisotopic (exact) mass is 346 g/mol. The van der Waals surface area contributed by atoms with Gasteiger partial charge in [-0.15, -0.1) is 5.10 Å². The van der Waals surface area contributed by atoms with Crippen LogP contribution in [-0.2, 0) is 0 Å². The molecule has 1 aromatic carbocycles. The van der Waals surface area contributed by atoms with E-state index < -0.39 is 4.92 Å². The molecule has 2 aromatic rings. The molecule has 1 heterocycles. The lowest BCUT2D eigenvalue weighted by Crippen LogP contribution is -1.97. The van der Waals surface area contributed by atoms with Crippen LogP contribution in [0.4, 0.5) is 5.69 Å². The van der Waals surface area contributed by atoms with Crippen LogP contribution in [0.1, 0.15) is 0 Å². The molecular formula is C8H4Br2N4O2. The highest BCUT2D eigenvalue weighted by atomic mass is 79.9. The van der Waals surface area contributed by atoms with Gasteiger partial charge in [-0.05, 0) is 44.0 Å². The lowest BCUT2D eigenvalue weighted by Gasteiger charge is -2.00. The minimum Gasteiger partial charge on any atom is -0.258 e. The molecule has 1 aromatic heterocycles. The summed E-state index contributed by atoms with van der Waals surface area (Å²) in [6, 6.07) is 6.03. The van der Waals surface area contributed by atoms with E-state index in [-0.39, 0.29) is 5.69 Å². The maximum atomic E-state index is 10.5. The topological polar surface area (TPSA) is 73.8 Å². The van der Waals surface area contributed by atoms with E-state index in [4.69, 9.17) is 0 Å². The van der Waals surface area contributed by atoms with Crippen LogP contribution in [0.3, 0.4) is 0 Å². The molecule has 0 aliphatic rings. The summed E-state index contributed by atoms with van der Waals surface area (Å²) >= 11 is 6.36. The molecule has 0 aliphatic heterocycles. The van der Waals surface area contributed by atoms with Gasteiger partial charge in [-0.1, -0.05) is 0 Å². The Hall–Kier alpha value is -1.28. The summed E-state index contributed by atoms with van der Waals surface area (Å²) in [6.07, 6.45) is 0. The van der Waals surface area contributed by atoms with Crippen molar-refractivity contribution in [3.63, 3.8) is 0 Å². The van der Waals surface area contributed by atoms with Crippen molar-refractivity contribution < 1.29 is 4.92 Å². The molecule has 6 nitrogen and oxygen atoms in total. The van der Waals surface area contributed by atoms with Crippen molar-refractivity contribution in [2.45, 2.75) is 0 Å². The fourth-order valence-corrected chi connectivity index (χ4v) is 2.17. The zero-order chi connectivity index (χ0) is 11.7.